The highest BCUT2D eigenvalue weighted by Gasteiger charge is 2.18. The number of hydrogen-bond donors (Lipinski definition) is 2. The maximum Gasteiger partial charge on any atom is 0.411 e. The van der Waals surface area contributed by atoms with Crippen molar-refractivity contribution in [3.8, 4) is 0 Å². The number of ether oxygens (including phenoxy) is 1. The lowest BCUT2D eigenvalue weighted by Crippen LogP contribution is -2.15. The summed E-state index contributed by atoms with van der Waals surface area (Å²) in [5.74, 6) is -0.848. The van der Waals surface area contributed by atoms with Gasteiger partial charge in [-0.3, -0.25) is 10.0 Å². The van der Waals surface area contributed by atoms with Gasteiger partial charge in [0, 0.05) is 5.69 Å². The van der Waals surface area contributed by atoms with Gasteiger partial charge in [-0.05, 0) is 30.3 Å². The second-order valence-corrected chi connectivity index (χ2v) is 5.88. The molecule has 116 valence electrons. The van der Waals surface area contributed by atoms with Crippen LogP contribution in [0.1, 0.15) is 0 Å². The quantitative estimate of drug-likeness (QED) is 0.905. The number of halogens is 1. The van der Waals surface area contributed by atoms with Gasteiger partial charge in [0.1, 0.15) is 10.7 Å². The van der Waals surface area contributed by atoms with Gasteiger partial charge in [-0.2, -0.15) is 0 Å². The van der Waals surface area contributed by atoms with E-state index < -0.39 is 26.8 Å². The summed E-state index contributed by atoms with van der Waals surface area (Å²) in [5, 5.41) is 2.40. The molecular weight excluding hydrogens is 311 g/mol. The van der Waals surface area contributed by atoms with Crippen LogP contribution in [0.3, 0.4) is 0 Å². The van der Waals surface area contributed by atoms with Gasteiger partial charge < -0.3 is 4.74 Å². The Balaban J connectivity index is 2.25. The summed E-state index contributed by atoms with van der Waals surface area (Å²) < 4.78 is 44.6. The molecule has 0 aliphatic rings. The molecule has 0 bridgehead atoms. The molecule has 6 nitrogen and oxygen atoms in total. The molecule has 0 unspecified atom stereocenters. The van der Waals surface area contributed by atoms with Crippen molar-refractivity contribution < 1.29 is 22.3 Å². The maximum atomic E-state index is 13.6. The summed E-state index contributed by atoms with van der Waals surface area (Å²) >= 11 is 0. The van der Waals surface area contributed by atoms with Crippen molar-refractivity contribution in [2.75, 3.05) is 17.1 Å². The van der Waals surface area contributed by atoms with Crippen LogP contribution in [0.15, 0.2) is 53.4 Å². The number of rotatable bonds is 4. The molecule has 0 saturated heterocycles. The maximum absolute atomic E-state index is 13.6. The molecule has 2 aromatic carbocycles. The Kier molecular flexibility index (Phi) is 4.62. The molecule has 0 fully saturated rings. The summed E-state index contributed by atoms with van der Waals surface area (Å²) in [7, 11) is -2.86. The first-order valence-corrected chi connectivity index (χ1v) is 7.63. The van der Waals surface area contributed by atoms with E-state index in [0.29, 0.717) is 5.69 Å². The summed E-state index contributed by atoms with van der Waals surface area (Å²) in [6.07, 6.45) is -0.686. The van der Waals surface area contributed by atoms with E-state index in [0.717, 1.165) is 12.1 Å². The highest BCUT2D eigenvalue weighted by Crippen LogP contribution is 2.21. The molecule has 0 aromatic heterocycles. The monoisotopic (exact) mass is 324 g/mol. The summed E-state index contributed by atoms with van der Waals surface area (Å²) in [4.78, 5) is 10.7. The van der Waals surface area contributed by atoms with Crippen molar-refractivity contribution in [2.24, 2.45) is 0 Å². The van der Waals surface area contributed by atoms with Crippen LogP contribution in [0.25, 0.3) is 0 Å². The molecule has 0 radical (unpaired) electrons. The van der Waals surface area contributed by atoms with Gasteiger partial charge in [0.05, 0.1) is 12.8 Å². The smallest absolute Gasteiger partial charge is 0.411 e. The molecule has 1 amide bonds. The average Bonchev–Trinajstić information content (AvgIpc) is 2.47. The lowest BCUT2D eigenvalue weighted by Gasteiger charge is -2.10. The van der Waals surface area contributed by atoms with E-state index in [1.54, 1.807) is 6.07 Å². The van der Waals surface area contributed by atoms with Crippen molar-refractivity contribution in [1.29, 1.82) is 0 Å². The Morgan fingerprint density at radius 2 is 1.77 bits per heavy atom. The molecule has 0 aliphatic heterocycles. The summed E-state index contributed by atoms with van der Waals surface area (Å²) in [6.45, 7) is 0. The fourth-order valence-electron chi connectivity index (χ4n) is 1.70. The Hall–Kier alpha value is -2.61. The van der Waals surface area contributed by atoms with Gasteiger partial charge in [-0.15, -0.1) is 0 Å². The fraction of sp³-hybridized carbons (Fsp3) is 0.0714. The van der Waals surface area contributed by atoms with Crippen LogP contribution in [-0.2, 0) is 14.8 Å². The van der Waals surface area contributed by atoms with Gasteiger partial charge >= 0.3 is 6.09 Å². The van der Waals surface area contributed by atoms with Gasteiger partial charge in [-0.25, -0.2) is 17.6 Å². The Morgan fingerprint density at radius 1 is 1.09 bits per heavy atom. The summed E-state index contributed by atoms with van der Waals surface area (Å²) in [5.41, 5.74) is 0.512. The molecule has 0 heterocycles. The summed E-state index contributed by atoms with van der Waals surface area (Å²) in [6, 6.07) is 11.0. The van der Waals surface area contributed by atoms with Crippen LogP contribution in [0.5, 0.6) is 0 Å². The number of carbonyl (C=O) groups excluding carboxylic acids is 1. The second-order valence-electron chi connectivity index (χ2n) is 4.23. The van der Waals surface area contributed by atoms with Gasteiger partial charge in [0.15, 0.2) is 0 Å². The van der Waals surface area contributed by atoms with E-state index in [9.17, 15) is 17.6 Å². The molecule has 2 N–H and O–H groups in total. The number of nitrogens with one attached hydrogen (secondary N) is 2. The highest BCUT2D eigenvalue weighted by atomic mass is 32.2. The van der Waals surface area contributed by atoms with E-state index in [1.165, 1.54) is 37.4 Å². The van der Waals surface area contributed by atoms with Crippen LogP contribution in [0, 0.1) is 5.82 Å². The first-order valence-electron chi connectivity index (χ1n) is 6.15. The predicted octanol–water partition coefficient (Wildman–Crippen LogP) is 2.80. The molecule has 0 aliphatic carbocycles. The van der Waals surface area contributed by atoms with Crippen molar-refractivity contribution in [3.05, 3.63) is 54.3 Å². The molecule has 0 atom stereocenters. The Labute approximate surface area is 127 Å². The first kappa shape index (κ1) is 15.8. The third-order valence-electron chi connectivity index (χ3n) is 2.67. The van der Waals surface area contributed by atoms with E-state index in [2.05, 4.69) is 14.8 Å². The number of hydrogen-bond acceptors (Lipinski definition) is 4. The van der Waals surface area contributed by atoms with Gasteiger partial charge in [0.25, 0.3) is 10.0 Å². The number of sulfonamides is 1. The molecular formula is C14H13FN2O4S. The molecule has 22 heavy (non-hydrogen) atoms. The zero-order valence-corrected chi connectivity index (χ0v) is 12.4. The van der Waals surface area contributed by atoms with E-state index >= 15 is 0 Å². The first-order chi connectivity index (χ1) is 10.4. The number of methoxy groups -OCH3 is 1. The van der Waals surface area contributed by atoms with E-state index in [-0.39, 0.29) is 5.69 Å². The number of anilines is 2. The number of amides is 1. The minimum absolute atomic E-state index is 0.178. The predicted molar refractivity (Wildman–Crippen MR) is 79.7 cm³/mol. The van der Waals surface area contributed by atoms with Crippen LogP contribution >= 0.6 is 0 Å². The zero-order chi connectivity index (χ0) is 16.2. The van der Waals surface area contributed by atoms with E-state index in [1.807, 2.05) is 0 Å². The third kappa shape index (κ3) is 3.73. The average molecular weight is 324 g/mol. The van der Waals surface area contributed by atoms with Gasteiger partial charge in [0.2, 0.25) is 0 Å². The standard InChI is InChI=1S/C14H13FN2O4S/c1-21-14(18)16-10-5-4-6-11(9-10)17-22(19,20)13-8-3-2-7-12(13)15/h2-9,17H,1H3,(H,16,18). The fourth-order valence-corrected chi connectivity index (χ4v) is 2.83. The van der Waals surface area contributed by atoms with Gasteiger partial charge in [-0.1, -0.05) is 18.2 Å². The SMILES string of the molecule is COC(=O)Nc1cccc(NS(=O)(=O)c2ccccc2F)c1. The second kappa shape index (κ2) is 6.44. The Morgan fingerprint density at radius 3 is 2.45 bits per heavy atom. The number of carbonyl (C=O) groups is 1. The molecule has 2 aromatic rings. The molecule has 0 spiro atoms. The number of benzene rings is 2. The highest BCUT2D eigenvalue weighted by molar-refractivity contribution is 7.92. The normalized spacial score (nSPS) is 10.8. The molecule has 8 heteroatoms. The van der Waals surface area contributed by atoms with Crippen molar-refractivity contribution in [2.45, 2.75) is 4.90 Å². The Bertz CT molecular complexity index is 793. The lowest BCUT2D eigenvalue weighted by molar-refractivity contribution is 0.187. The van der Waals surface area contributed by atoms with Crippen molar-refractivity contribution in [3.63, 3.8) is 0 Å². The van der Waals surface area contributed by atoms with Crippen molar-refractivity contribution >= 4 is 27.5 Å². The van der Waals surface area contributed by atoms with Crippen LogP contribution in [0.2, 0.25) is 0 Å². The van der Waals surface area contributed by atoms with Crippen LogP contribution < -0.4 is 10.0 Å². The van der Waals surface area contributed by atoms with E-state index in [4.69, 9.17) is 0 Å². The molecule has 2 rings (SSSR count). The topological polar surface area (TPSA) is 84.5 Å². The third-order valence-corrected chi connectivity index (χ3v) is 4.09. The zero-order valence-electron chi connectivity index (χ0n) is 11.5. The van der Waals surface area contributed by atoms with Crippen molar-refractivity contribution in [1.82, 2.24) is 0 Å². The largest absolute Gasteiger partial charge is 0.453 e. The minimum Gasteiger partial charge on any atom is -0.453 e. The minimum atomic E-state index is -4.06. The van der Waals surface area contributed by atoms with Crippen LogP contribution in [0.4, 0.5) is 20.6 Å². The lowest BCUT2D eigenvalue weighted by atomic mass is 10.3. The van der Waals surface area contributed by atoms with Crippen LogP contribution in [-0.4, -0.2) is 21.6 Å². The molecule has 0 saturated carbocycles.